The number of halogens is 1. The summed E-state index contributed by atoms with van der Waals surface area (Å²) >= 11 is 4.73. The molecule has 0 aromatic rings. The fourth-order valence-electron chi connectivity index (χ4n) is 0. The largest absolute Gasteiger partial charge is 0.361 e. The van der Waals surface area contributed by atoms with Crippen LogP contribution in [-0.2, 0) is 10.1 Å². The van der Waals surface area contributed by atoms with E-state index >= 15 is 0 Å². The molecule has 1 unspecified atom stereocenters. The molecule has 0 aliphatic rings. The van der Waals surface area contributed by atoms with Gasteiger partial charge >= 0.3 is 10.1 Å². The first-order chi connectivity index (χ1) is 3.25. The normalized spacial score (nSPS) is 20.0. The Kier molecular flexibility index (Phi) is 1.87. The van der Waals surface area contributed by atoms with Crippen LogP contribution in [0.15, 0.2) is 0 Å². The Morgan fingerprint density at radius 3 is 1.75 bits per heavy atom. The van der Waals surface area contributed by atoms with Crippen LogP contribution < -0.4 is 0 Å². The smallest absolute Gasteiger partial charge is 0.309 e. The average molecular weight is 161 g/mol. The third-order valence-corrected chi connectivity index (χ3v) is 2.00. The fraction of sp³-hybridized carbons (Fsp3) is 1.00. The monoisotopic (exact) mass is 160 g/mol. The van der Waals surface area contributed by atoms with Crippen LogP contribution >= 0.6 is 11.6 Å². The highest BCUT2D eigenvalue weighted by Crippen LogP contribution is 2.15. The number of hydrogen-bond donors (Lipinski definition) is 2. The minimum atomic E-state index is -4.52. The van der Waals surface area contributed by atoms with Crippen molar-refractivity contribution in [3.63, 3.8) is 0 Å². The molecule has 0 saturated carbocycles. The lowest BCUT2D eigenvalue weighted by molar-refractivity contribution is 0.213. The molecule has 0 amide bonds. The Hall–Kier alpha value is 0.160. The van der Waals surface area contributed by atoms with Gasteiger partial charge < -0.3 is 5.11 Å². The van der Waals surface area contributed by atoms with Crippen molar-refractivity contribution in [2.75, 3.05) is 0 Å². The molecule has 50 valence electrons. The van der Waals surface area contributed by atoms with Crippen LogP contribution in [0.5, 0.6) is 0 Å². The molecule has 0 spiro atoms. The summed E-state index contributed by atoms with van der Waals surface area (Å²) in [5.74, 6) is 0. The van der Waals surface area contributed by atoms with E-state index in [1.165, 1.54) is 0 Å². The second kappa shape index (κ2) is 1.84. The zero-order valence-electron chi connectivity index (χ0n) is 4.00. The van der Waals surface area contributed by atoms with E-state index in [-0.39, 0.29) is 0 Å². The van der Waals surface area contributed by atoms with E-state index in [4.69, 9.17) is 21.3 Å². The number of rotatable bonds is 1. The molecule has 0 fully saturated rings. The molecule has 8 heavy (non-hydrogen) atoms. The Bertz CT molecular complexity index is 163. The SMILES string of the molecule is CC(O)(Cl)S(=O)(=O)O. The lowest BCUT2D eigenvalue weighted by Crippen LogP contribution is -2.27. The zero-order valence-corrected chi connectivity index (χ0v) is 5.57. The number of aliphatic hydroxyl groups is 1. The van der Waals surface area contributed by atoms with Gasteiger partial charge in [0.05, 0.1) is 0 Å². The van der Waals surface area contributed by atoms with Gasteiger partial charge in [-0.2, -0.15) is 8.42 Å². The van der Waals surface area contributed by atoms with Gasteiger partial charge in [-0.25, -0.2) is 0 Å². The quantitative estimate of drug-likeness (QED) is 0.411. The van der Waals surface area contributed by atoms with Gasteiger partial charge in [0.1, 0.15) is 0 Å². The Morgan fingerprint density at radius 1 is 1.62 bits per heavy atom. The van der Waals surface area contributed by atoms with Crippen LogP contribution in [0.3, 0.4) is 0 Å². The summed E-state index contributed by atoms with van der Waals surface area (Å²) in [5.41, 5.74) is 0. The molecule has 0 aliphatic heterocycles. The van der Waals surface area contributed by atoms with Crippen LogP contribution in [0.4, 0.5) is 0 Å². The Morgan fingerprint density at radius 2 is 1.75 bits per heavy atom. The molecule has 0 rings (SSSR count). The predicted molar refractivity (Wildman–Crippen MR) is 28.0 cm³/mol. The Labute approximate surface area is 51.8 Å². The summed E-state index contributed by atoms with van der Waals surface area (Å²) in [5, 5.41) is 8.28. The maximum Gasteiger partial charge on any atom is 0.309 e. The summed E-state index contributed by atoms with van der Waals surface area (Å²) in [4.78, 5) is 0. The highest BCUT2D eigenvalue weighted by atomic mass is 35.5. The number of hydrogen-bond acceptors (Lipinski definition) is 3. The molecular weight excluding hydrogens is 156 g/mol. The van der Waals surface area contributed by atoms with Crippen molar-refractivity contribution in [2.24, 2.45) is 0 Å². The van der Waals surface area contributed by atoms with Crippen LogP contribution in [-0.4, -0.2) is 22.5 Å². The van der Waals surface area contributed by atoms with Crippen molar-refractivity contribution in [2.45, 2.75) is 11.3 Å². The topological polar surface area (TPSA) is 74.6 Å². The Balaban J connectivity index is 4.53. The summed E-state index contributed by atoms with van der Waals surface area (Å²) in [6.07, 6.45) is 0. The average Bonchev–Trinajstić information content (AvgIpc) is 1.25. The number of alkyl halides is 1. The molecule has 0 radical (unpaired) electrons. The second-order valence-electron chi connectivity index (χ2n) is 1.34. The van der Waals surface area contributed by atoms with Crippen molar-refractivity contribution in [3.8, 4) is 0 Å². The maximum atomic E-state index is 9.83. The van der Waals surface area contributed by atoms with Crippen molar-refractivity contribution < 1.29 is 18.1 Å². The van der Waals surface area contributed by atoms with Gasteiger partial charge in [-0.3, -0.25) is 4.55 Å². The van der Waals surface area contributed by atoms with Crippen LogP contribution in [0.1, 0.15) is 6.92 Å². The summed E-state index contributed by atoms with van der Waals surface area (Å²) in [7, 11) is -4.52. The van der Waals surface area contributed by atoms with Crippen molar-refractivity contribution in [3.05, 3.63) is 0 Å². The van der Waals surface area contributed by atoms with E-state index in [9.17, 15) is 8.42 Å². The molecular formula is C2H5ClO4S. The third kappa shape index (κ3) is 1.95. The molecule has 0 bridgehead atoms. The van der Waals surface area contributed by atoms with E-state index in [0.717, 1.165) is 6.92 Å². The van der Waals surface area contributed by atoms with Gasteiger partial charge in [-0.05, 0) is 6.92 Å². The molecule has 1 atom stereocenters. The van der Waals surface area contributed by atoms with Gasteiger partial charge in [0, 0.05) is 0 Å². The highest BCUT2D eigenvalue weighted by molar-refractivity contribution is 7.88. The van der Waals surface area contributed by atoms with Crippen molar-refractivity contribution in [1.82, 2.24) is 0 Å². The van der Waals surface area contributed by atoms with Crippen molar-refractivity contribution >= 4 is 21.7 Å². The lowest BCUT2D eigenvalue weighted by atomic mass is 10.9. The van der Waals surface area contributed by atoms with Crippen LogP contribution in [0.2, 0.25) is 0 Å². The summed E-state index contributed by atoms with van der Waals surface area (Å²) in [6, 6.07) is 0. The standard InChI is InChI=1S/C2H5ClO4S/c1-2(3,4)8(5,6)7/h4H,1H3,(H,5,6,7). The first-order valence-electron chi connectivity index (χ1n) is 1.63. The highest BCUT2D eigenvalue weighted by Gasteiger charge is 2.31. The maximum absolute atomic E-state index is 9.83. The predicted octanol–water partition coefficient (Wildman–Crippen LogP) is -0.221. The molecule has 0 saturated heterocycles. The third-order valence-electron chi connectivity index (χ3n) is 0.471. The lowest BCUT2D eigenvalue weighted by Gasteiger charge is -2.07. The van der Waals surface area contributed by atoms with E-state index in [1.54, 1.807) is 0 Å². The molecule has 2 N–H and O–H groups in total. The first-order valence-corrected chi connectivity index (χ1v) is 3.45. The first kappa shape index (κ1) is 8.16. The zero-order chi connectivity index (χ0) is 7.00. The van der Waals surface area contributed by atoms with Gasteiger partial charge in [-0.15, -0.1) is 0 Å². The molecule has 0 aromatic carbocycles. The fourth-order valence-corrected chi connectivity index (χ4v) is 0. The molecule has 4 nitrogen and oxygen atoms in total. The summed E-state index contributed by atoms with van der Waals surface area (Å²) < 4.78 is 25.0. The van der Waals surface area contributed by atoms with Gasteiger partial charge in [-0.1, -0.05) is 11.6 Å². The minimum Gasteiger partial charge on any atom is -0.361 e. The van der Waals surface area contributed by atoms with Crippen molar-refractivity contribution in [1.29, 1.82) is 0 Å². The van der Waals surface area contributed by atoms with Gasteiger partial charge in [0.15, 0.2) is 0 Å². The van der Waals surface area contributed by atoms with E-state index in [0.29, 0.717) is 0 Å². The van der Waals surface area contributed by atoms with E-state index in [1.807, 2.05) is 0 Å². The van der Waals surface area contributed by atoms with Gasteiger partial charge in [0.2, 0.25) is 0 Å². The van der Waals surface area contributed by atoms with Gasteiger partial charge in [0.25, 0.3) is 4.39 Å². The van der Waals surface area contributed by atoms with E-state index < -0.39 is 14.5 Å². The second-order valence-corrected chi connectivity index (χ2v) is 4.05. The summed E-state index contributed by atoms with van der Waals surface area (Å²) in [6.45, 7) is 0.754. The molecule has 0 aromatic heterocycles. The van der Waals surface area contributed by atoms with Crippen LogP contribution in [0, 0.1) is 0 Å². The molecule has 0 heterocycles. The minimum absolute atomic E-state index is 0.754. The molecule has 6 heteroatoms. The van der Waals surface area contributed by atoms with Crippen LogP contribution in [0.25, 0.3) is 0 Å². The molecule has 0 aliphatic carbocycles. The van der Waals surface area contributed by atoms with E-state index in [2.05, 4.69) is 0 Å².